The van der Waals surface area contributed by atoms with E-state index in [-0.39, 0.29) is 24.0 Å². The van der Waals surface area contributed by atoms with Crippen LogP contribution in [0.5, 0.6) is 0 Å². The largest absolute Gasteiger partial charge is 0.352 e. The van der Waals surface area contributed by atoms with Crippen LogP contribution in [0.3, 0.4) is 0 Å². The van der Waals surface area contributed by atoms with E-state index in [1.807, 2.05) is 18.3 Å². The number of hydrogen-bond donors (Lipinski definition) is 3. The number of hydrogen-bond acceptors (Lipinski definition) is 5. The van der Waals surface area contributed by atoms with Crippen molar-refractivity contribution in [1.82, 2.24) is 26.1 Å². The molecule has 3 N–H and O–H groups in total. The van der Waals surface area contributed by atoms with Crippen molar-refractivity contribution < 1.29 is 4.79 Å². The molecule has 27 heavy (non-hydrogen) atoms. The molecule has 0 bridgehead atoms. The molecule has 2 aromatic rings. The zero-order valence-corrected chi connectivity index (χ0v) is 15.5. The van der Waals surface area contributed by atoms with Crippen molar-refractivity contribution in [2.45, 2.75) is 43.9 Å². The first-order valence-electron chi connectivity index (χ1n) is 9.75. The predicted octanol–water partition coefficient (Wildman–Crippen LogP) is 1.77. The Labute approximate surface area is 160 Å². The van der Waals surface area contributed by atoms with E-state index < -0.39 is 0 Å². The van der Waals surface area contributed by atoms with Gasteiger partial charge in [-0.25, -0.2) is 10.9 Å². The second-order valence-corrected chi connectivity index (χ2v) is 7.46. The van der Waals surface area contributed by atoms with E-state index in [9.17, 15) is 4.79 Å². The summed E-state index contributed by atoms with van der Waals surface area (Å²) in [6, 6.07) is 14.7. The number of nitrogens with zero attached hydrogens (tertiary/aromatic N) is 2. The van der Waals surface area contributed by atoms with E-state index in [1.54, 1.807) is 6.20 Å². The van der Waals surface area contributed by atoms with E-state index in [1.165, 1.54) is 5.56 Å². The Hall–Kier alpha value is -2.28. The highest BCUT2D eigenvalue weighted by molar-refractivity contribution is 5.82. The molecule has 1 aromatic carbocycles. The quantitative estimate of drug-likeness (QED) is 0.753. The number of carbonyl (C=O) groups excluding carboxylic acids is 1. The lowest BCUT2D eigenvalue weighted by Gasteiger charge is -2.32. The molecule has 3 heterocycles. The van der Waals surface area contributed by atoms with Gasteiger partial charge in [-0.2, -0.15) is 0 Å². The van der Waals surface area contributed by atoms with Gasteiger partial charge in [0.15, 0.2) is 0 Å². The average molecular weight is 365 g/mol. The summed E-state index contributed by atoms with van der Waals surface area (Å²) in [5.41, 5.74) is 8.81. The zero-order chi connectivity index (χ0) is 18.5. The Morgan fingerprint density at radius 3 is 2.67 bits per heavy atom. The van der Waals surface area contributed by atoms with Crippen molar-refractivity contribution >= 4 is 5.91 Å². The van der Waals surface area contributed by atoms with Crippen LogP contribution in [0.2, 0.25) is 0 Å². The van der Waals surface area contributed by atoms with Crippen molar-refractivity contribution in [3.8, 4) is 0 Å². The summed E-state index contributed by atoms with van der Waals surface area (Å²) in [4.78, 5) is 19.2. The minimum atomic E-state index is -0.197. The number of pyridine rings is 1. The van der Waals surface area contributed by atoms with Crippen molar-refractivity contribution in [2.75, 3.05) is 13.1 Å². The molecule has 0 aliphatic carbocycles. The van der Waals surface area contributed by atoms with Gasteiger partial charge in [0.25, 0.3) is 0 Å². The van der Waals surface area contributed by atoms with Crippen molar-refractivity contribution in [3.63, 3.8) is 0 Å². The Balaban J connectivity index is 1.22. The first-order chi connectivity index (χ1) is 13.3. The molecule has 6 heteroatoms. The van der Waals surface area contributed by atoms with Crippen LogP contribution in [-0.4, -0.2) is 41.0 Å². The van der Waals surface area contributed by atoms with Gasteiger partial charge in [0.1, 0.15) is 6.04 Å². The van der Waals surface area contributed by atoms with Crippen molar-refractivity contribution in [3.05, 3.63) is 66.0 Å². The first-order valence-corrected chi connectivity index (χ1v) is 9.75. The maximum absolute atomic E-state index is 12.6. The van der Waals surface area contributed by atoms with Crippen LogP contribution in [0.1, 0.15) is 36.4 Å². The highest BCUT2D eigenvalue weighted by Crippen LogP contribution is 2.22. The number of benzene rings is 1. The number of aromatic nitrogens is 1. The molecule has 1 amide bonds. The van der Waals surface area contributed by atoms with E-state index in [2.05, 4.69) is 56.4 Å². The van der Waals surface area contributed by atoms with Crippen molar-refractivity contribution in [2.24, 2.45) is 0 Å². The van der Waals surface area contributed by atoms with E-state index in [0.29, 0.717) is 0 Å². The SMILES string of the molecule is O=C(NC1CCN(Cc2ccccc2)CC1)C1CC(c2cccnc2)NN1. The molecule has 2 aliphatic heterocycles. The van der Waals surface area contributed by atoms with Gasteiger partial charge in [-0.05, 0) is 36.5 Å². The van der Waals surface area contributed by atoms with Gasteiger partial charge < -0.3 is 5.32 Å². The molecule has 2 saturated heterocycles. The highest BCUT2D eigenvalue weighted by Gasteiger charge is 2.31. The third-order valence-corrected chi connectivity index (χ3v) is 5.49. The van der Waals surface area contributed by atoms with Crippen LogP contribution < -0.4 is 16.2 Å². The normalized spacial score (nSPS) is 24.0. The van der Waals surface area contributed by atoms with Crippen LogP contribution in [0.4, 0.5) is 0 Å². The van der Waals surface area contributed by atoms with Crippen LogP contribution in [0.15, 0.2) is 54.9 Å². The highest BCUT2D eigenvalue weighted by atomic mass is 16.2. The van der Waals surface area contributed by atoms with Crippen molar-refractivity contribution in [1.29, 1.82) is 0 Å². The molecule has 4 rings (SSSR count). The summed E-state index contributed by atoms with van der Waals surface area (Å²) in [6.45, 7) is 3.03. The van der Waals surface area contributed by atoms with Crippen LogP contribution >= 0.6 is 0 Å². The number of carbonyl (C=O) groups is 1. The Bertz CT molecular complexity index is 731. The Morgan fingerprint density at radius 1 is 1.11 bits per heavy atom. The topological polar surface area (TPSA) is 69.3 Å². The molecular formula is C21H27N5O. The van der Waals surface area contributed by atoms with Gasteiger partial charge >= 0.3 is 0 Å². The second kappa shape index (κ2) is 8.61. The maximum Gasteiger partial charge on any atom is 0.238 e. The molecule has 0 radical (unpaired) electrons. The number of amides is 1. The summed E-state index contributed by atoms with van der Waals surface area (Å²) in [5, 5.41) is 3.23. The monoisotopic (exact) mass is 365 g/mol. The number of rotatable bonds is 5. The molecule has 2 unspecified atom stereocenters. The fourth-order valence-electron chi connectivity index (χ4n) is 3.91. The van der Waals surface area contributed by atoms with Gasteiger partial charge in [-0.3, -0.25) is 14.7 Å². The van der Waals surface area contributed by atoms with Crippen LogP contribution in [-0.2, 0) is 11.3 Å². The molecule has 142 valence electrons. The number of likely N-dealkylation sites (tertiary alicyclic amines) is 1. The summed E-state index contributed by atoms with van der Waals surface area (Å²) in [5.74, 6) is 0.0930. The van der Waals surface area contributed by atoms with Gasteiger partial charge in [0, 0.05) is 44.1 Å². The minimum Gasteiger partial charge on any atom is -0.352 e. The second-order valence-electron chi connectivity index (χ2n) is 7.46. The third-order valence-electron chi connectivity index (χ3n) is 5.49. The summed E-state index contributed by atoms with van der Waals surface area (Å²) in [7, 11) is 0. The fraction of sp³-hybridized carbons (Fsp3) is 0.429. The number of nitrogens with one attached hydrogen (secondary N) is 3. The summed E-state index contributed by atoms with van der Waals surface area (Å²) >= 11 is 0. The molecule has 6 nitrogen and oxygen atoms in total. The fourth-order valence-corrected chi connectivity index (χ4v) is 3.91. The Morgan fingerprint density at radius 2 is 1.93 bits per heavy atom. The van der Waals surface area contributed by atoms with Gasteiger partial charge in [0.05, 0.1) is 0 Å². The molecule has 2 fully saturated rings. The van der Waals surface area contributed by atoms with Gasteiger partial charge in [-0.1, -0.05) is 36.4 Å². The minimum absolute atomic E-state index is 0.0930. The first kappa shape index (κ1) is 18.1. The van der Waals surface area contributed by atoms with Crippen LogP contribution in [0, 0.1) is 0 Å². The van der Waals surface area contributed by atoms with Gasteiger partial charge in [0.2, 0.25) is 5.91 Å². The summed E-state index contributed by atoms with van der Waals surface area (Å²) in [6.07, 6.45) is 6.36. The van der Waals surface area contributed by atoms with E-state index in [4.69, 9.17) is 0 Å². The summed E-state index contributed by atoms with van der Waals surface area (Å²) < 4.78 is 0. The molecule has 0 spiro atoms. The predicted molar refractivity (Wildman–Crippen MR) is 105 cm³/mol. The molecule has 0 saturated carbocycles. The number of piperidine rings is 1. The lowest BCUT2D eigenvalue weighted by Crippen LogP contribution is -2.50. The van der Waals surface area contributed by atoms with Crippen LogP contribution in [0.25, 0.3) is 0 Å². The third kappa shape index (κ3) is 4.71. The maximum atomic E-state index is 12.6. The molecule has 1 aromatic heterocycles. The molecule has 2 atom stereocenters. The average Bonchev–Trinajstić information content (AvgIpc) is 3.21. The standard InChI is InChI=1S/C21H27N5O/c27-21(20-13-19(24-25-20)17-7-4-10-22-14-17)23-18-8-11-26(12-9-18)15-16-5-2-1-3-6-16/h1-7,10,14,18-20,24-25H,8-9,11-13,15H2,(H,23,27). The van der Waals surface area contributed by atoms with E-state index >= 15 is 0 Å². The lowest BCUT2D eigenvalue weighted by atomic mass is 10.0. The Kier molecular flexibility index (Phi) is 5.77. The lowest BCUT2D eigenvalue weighted by molar-refractivity contribution is -0.123. The molecule has 2 aliphatic rings. The zero-order valence-electron chi connectivity index (χ0n) is 15.5. The van der Waals surface area contributed by atoms with E-state index in [0.717, 1.165) is 44.5 Å². The molecular weight excluding hydrogens is 338 g/mol. The smallest absolute Gasteiger partial charge is 0.238 e. The number of hydrazine groups is 1. The van der Waals surface area contributed by atoms with Gasteiger partial charge in [-0.15, -0.1) is 0 Å².